The molecule has 2 aliphatic rings. The zero-order valence-corrected chi connectivity index (χ0v) is 22.0. The van der Waals surface area contributed by atoms with Gasteiger partial charge in [0.15, 0.2) is 0 Å². The van der Waals surface area contributed by atoms with Crippen molar-refractivity contribution < 1.29 is 46.5 Å². The first-order valence-corrected chi connectivity index (χ1v) is 13.0. The summed E-state index contributed by atoms with van der Waals surface area (Å²) in [7, 11) is 0. The van der Waals surface area contributed by atoms with E-state index in [9.17, 15) is 32.3 Å². The lowest BCUT2D eigenvalue weighted by Crippen LogP contribution is -2.44. The second-order valence-electron chi connectivity index (χ2n) is 9.82. The second-order valence-corrected chi connectivity index (χ2v) is 9.82. The van der Waals surface area contributed by atoms with Gasteiger partial charge < -0.3 is 19.3 Å². The van der Waals surface area contributed by atoms with E-state index in [1.54, 1.807) is 25.1 Å². The van der Waals surface area contributed by atoms with Gasteiger partial charge in [0.05, 0.1) is 42.4 Å². The zero-order valence-electron chi connectivity index (χ0n) is 22.0. The molecular weight excluding hydrogens is 562 g/mol. The molecule has 0 bridgehead atoms. The molecule has 0 fully saturated rings. The Morgan fingerprint density at radius 2 is 1.90 bits per heavy atom. The summed E-state index contributed by atoms with van der Waals surface area (Å²) in [5, 5.41) is 9.17. The number of carboxylic acids is 1. The topological polar surface area (TPSA) is 103 Å². The molecule has 13 heteroatoms. The number of alkyl halides is 3. The molecule has 2 atom stereocenters. The summed E-state index contributed by atoms with van der Waals surface area (Å²) >= 11 is 0. The molecule has 1 amide bonds. The van der Waals surface area contributed by atoms with Crippen LogP contribution >= 0.6 is 0 Å². The van der Waals surface area contributed by atoms with Gasteiger partial charge in [0.2, 0.25) is 0 Å². The number of carbonyl (C=O) groups is 2. The van der Waals surface area contributed by atoms with Crippen LogP contribution in [0.3, 0.4) is 0 Å². The quantitative estimate of drug-likeness (QED) is 0.284. The predicted molar refractivity (Wildman–Crippen MR) is 141 cm³/mol. The molecule has 0 saturated carbocycles. The van der Waals surface area contributed by atoms with Crippen LogP contribution in [-0.2, 0) is 9.59 Å². The predicted octanol–water partition coefficient (Wildman–Crippen LogP) is 5.54. The second kappa shape index (κ2) is 10.2. The number of aromatic nitrogens is 2. The molecule has 0 radical (unpaired) electrons. The number of fused-ring (bicyclic) bond motifs is 3. The van der Waals surface area contributed by atoms with Gasteiger partial charge in [-0.2, -0.15) is 18.2 Å². The highest BCUT2D eigenvalue weighted by Gasteiger charge is 2.48. The van der Waals surface area contributed by atoms with Gasteiger partial charge in [-0.3, -0.25) is 19.1 Å². The van der Waals surface area contributed by atoms with Crippen LogP contribution < -0.4 is 19.1 Å². The fourth-order valence-corrected chi connectivity index (χ4v) is 5.46. The summed E-state index contributed by atoms with van der Waals surface area (Å²) in [5.41, 5.74) is 1.86. The van der Waals surface area contributed by atoms with Crippen molar-refractivity contribution in [2.45, 2.75) is 31.5 Å². The summed E-state index contributed by atoms with van der Waals surface area (Å²) in [5.74, 6) is -3.74. The minimum atomic E-state index is -5.22. The first-order chi connectivity index (χ1) is 20.1. The number of anilines is 1. The van der Waals surface area contributed by atoms with Gasteiger partial charge in [-0.25, -0.2) is 4.39 Å². The fraction of sp³-hybridized carbons (Fsp3) is 0.276. The minimum Gasteiger partial charge on any atom is -0.493 e. The highest BCUT2D eigenvalue weighted by Crippen LogP contribution is 2.46. The molecule has 1 aromatic heterocycles. The monoisotopic (exact) mass is 585 g/mol. The Morgan fingerprint density at radius 3 is 2.64 bits per heavy atom. The lowest BCUT2D eigenvalue weighted by Gasteiger charge is -2.29. The maximum atomic E-state index is 14.2. The Hall–Kier alpha value is -4.81. The molecule has 9 nitrogen and oxygen atoms in total. The van der Waals surface area contributed by atoms with E-state index in [-0.39, 0.29) is 55.0 Å². The first-order valence-electron chi connectivity index (χ1n) is 13.0. The molecule has 4 aromatic rings. The number of carboxylic acid groups (broad SMARTS) is 1. The molecule has 1 N–H and O–H groups in total. The number of benzene rings is 3. The largest absolute Gasteiger partial charge is 0.493 e. The van der Waals surface area contributed by atoms with E-state index < -0.39 is 35.8 Å². The first kappa shape index (κ1) is 27.4. The van der Waals surface area contributed by atoms with Crippen LogP contribution in [0.25, 0.3) is 16.7 Å². The molecule has 3 heterocycles. The molecule has 218 valence electrons. The number of hydrogen-bond donors (Lipinski definition) is 1. The van der Waals surface area contributed by atoms with Gasteiger partial charge in [0.1, 0.15) is 23.9 Å². The zero-order chi connectivity index (χ0) is 29.8. The number of aliphatic carboxylic acids is 1. The smallest absolute Gasteiger partial charge is 0.471 e. The number of imidazole rings is 1. The third-order valence-electron chi connectivity index (χ3n) is 7.22. The van der Waals surface area contributed by atoms with Crippen LogP contribution in [0.5, 0.6) is 17.5 Å². The minimum absolute atomic E-state index is 0.0542. The van der Waals surface area contributed by atoms with Crippen molar-refractivity contribution in [2.24, 2.45) is 0 Å². The van der Waals surface area contributed by atoms with E-state index in [0.29, 0.717) is 27.2 Å². The van der Waals surface area contributed by atoms with Gasteiger partial charge in [-0.05, 0) is 31.2 Å². The molecule has 0 aliphatic carbocycles. The summed E-state index contributed by atoms with van der Waals surface area (Å²) in [6.45, 7) is 1.74. The third-order valence-corrected chi connectivity index (χ3v) is 7.22. The maximum Gasteiger partial charge on any atom is 0.471 e. The van der Waals surface area contributed by atoms with E-state index in [1.165, 1.54) is 41.0 Å². The number of carbonyl (C=O) groups excluding carboxylic acids is 1. The molecule has 42 heavy (non-hydrogen) atoms. The number of amides is 1. The molecule has 0 unspecified atom stereocenters. The molecule has 0 spiro atoms. The van der Waals surface area contributed by atoms with E-state index >= 15 is 0 Å². The lowest BCUT2D eigenvalue weighted by atomic mass is 9.97. The highest BCUT2D eigenvalue weighted by atomic mass is 19.4. The van der Waals surface area contributed by atoms with Crippen LogP contribution in [0.2, 0.25) is 0 Å². The number of nitrogens with zero attached hydrogens (tertiary/aromatic N) is 3. The van der Waals surface area contributed by atoms with Crippen molar-refractivity contribution in [3.05, 3.63) is 71.5 Å². The van der Waals surface area contributed by atoms with Crippen molar-refractivity contribution in [1.82, 2.24) is 9.55 Å². The number of halogens is 4. The third kappa shape index (κ3) is 4.64. The number of hydrogen-bond acceptors (Lipinski definition) is 6. The van der Waals surface area contributed by atoms with Gasteiger partial charge in [-0.15, -0.1) is 0 Å². The van der Waals surface area contributed by atoms with E-state index in [4.69, 9.17) is 14.2 Å². The fourth-order valence-electron chi connectivity index (χ4n) is 5.46. The average molecular weight is 586 g/mol. The van der Waals surface area contributed by atoms with Crippen molar-refractivity contribution in [3.63, 3.8) is 0 Å². The summed E-state index contributed by atoms with van der Waals surface area (Å²) in [4.78, 5) is 29.1. The van der Waals surface area contributed by atoms with Gasteiger partial charge in [-0.1, -0.05) is 18.2 Å². The van der Waals surface area contributed by atoms with E-state index in [2.05, 4.69) is 4.98 Å². The number of para-hydroxylation sites is 1. The molecule has 3 aromatic carbocycles. The van der Waals surface area contributed by atoms with Gasteiger partial charge in [0, 0.05) is 34.9 Å². The molecule has 0 saturated heterocycles. The van der Waals surface area contributed by atoms with E-state index in [1.807, 2.05) is 0 Å². The highest BCUT2D eigenvalue weighted by molar-refractivity contribution is 5.98. The Bertz CT molecular complexity index is 1720. The normalized spacial score (nSPS) is 17.4. The summed E-state index contributed by atoms with van der Waals surface area (Å²) in [6, 6.07) is 11.9. The molecule has 6 rings (SSSR count). The Morgan fingerprint density at radius 1 is 1.10 bits per heavy atom. The Kier molecular flexibility index (Phi) is 6.66. The SMILES string of the molecule is CCOc1nc2ccc(F)cc2n1-c1cccc2c1OC[C@@H]2N(C(=O)C(F)(F)F)c1ccc2c(c1)OC[C@H]2CC(=O)O. The van der Waals surface area contributed by atoms with Crippen molar-refractivity contribution >= 4 is 28.6 Å². The molecular formula is C29H23F4N3O6. The maximum absolute atomic E-state index is 14.2. The standard InChI is InChI=1S/C29H23F4N3O6/c1-2-40-28-34-20-9-6-16(30)11-22(20)36(28)21-5-3-4-19-23(14-42-26(19)21)35(27(39)29(31,32)33)17-7-8-18-15(10-25(37)38)13-41-24(18)12-17/h3-9,11-12,15,23H,2,10,13-14H2,1H3,(H,37,38)/t15-,23+/m1/s1. The summed E-state index contributed by atoms with van der Waals surface area (Å²) < 4.78 is 74.8. The van der Waals surface area contributed by atoms with Crippen LogP contribution in [0.1, 0.15) is 36.4 Å². The van der Waals surface area contributed by atoms with Gasteiger partial charge in [0.25, 0.3) is 0 Å². The van der Waals surface area contributed by atoms with Gasteiger partial charge >= 0.3 is 24.1 Å². The van der Waals surface area contributed by atoms with Crippen LogP contribution in [0, 0.1) is 5.82 Å². The van der Waals surface area contributed by atoms with Crippen LogP contribution in [-0.4, -0.2) is 52.5 Å². The van der Waals surface area contributed by atoms with Crippen LogP contribution in [0.4, 0.5) is 23.2 Å². The molecule has 2 aliphatic heterocycles. The lowest BCUT2D eigenvalue weighted by molar-refractivity contribution is -0.171. The van der Waals surface area contributed by atoms with Crippen molar-refractivity contribution in [2.75, 3.05) is 24.7 Å². The number of rotatable bonds is 7. The Balaban J connectivity index is 1.46. The average Bonchev–Trinajstić information content (AvgIpc) is 3.64. The Labute approximate surface area is 235 Å². The van der Waals surface area contributed by atoms with Crippen LogP contribution in [0.15, 0.2) is 54.6 Å². The van der Waals surface area contributed by atoms with E-state index in [0.717, 1.165) is 0 Å². The number of ether oxygens (including phenoxy) is 3. The van der Waals surface area contributed by atoms with Crippen molar-refractivity contribution in [1.29, 1.82) is 0 Å². The van der Waals surface area contributed by atoms with Crippen molar-refractivity contribution in [3.8, 4) is 23.2 Å². The summed E-state index contributed by atoms with van der Waals surface area (Å²) in [6.07, 6.45) is -5.42.